The van der Waals surface area contributed by atoms with Gasteiger partial charge in [-0.3, -0.25) is 0 Å². The van der Waals surface area contributed by atoms with Gasteiger partial charge in [-0.1, -0.05) is 144 Å². The Balaban J connectivity index is 1.71. The van der Waals surface area contributed by atoms with E-state index in [1.54, 1.807) is 0 Å². The topological polar surface area (TPSA) is 0 Å². The van der Waals surface area contributed by atoms with Gasteiger partial charge >= 0.3 is 0 Å². The van der Waals surface area contributed by atoms with E-state index in [-0.39, 0.29) is 0 Å². The van der Waals surface area contributed by atoms with Crippen molar-refractivity contribution in [3.63, 3.8) is 0 Å². The first-order valence-corrected chi connectivity index (χ1v) is 22.8. The molecule has 0 radical (unpaired) electrons. The summed E-state index contributed by atoms with van der Waals surface area (Å²) < 4.78 is 0. The molecule has 3 aliphatic carbocycles. The smallest absolute Gasteiger partial charge is 0.0323 e. The summed E-state index contributed by atoms with van der Waals surface area (Å²) in [6, 6.07) is 0. The Bertz CT molecular complexity index is 931. The summed E-state index contributed by atoms with van der Waals surface area (Å²) in [4.78, 5) is 0. The lowest BCUT2D eigenvalue weighted by Crippen LogP contribution is -2.48. The van der Waals surface area contributed by atoms with Crippen LogP contribution in [0, 0.1) is 130 Å². The van der Waals surface area contributed by atoms with Crippen molar-refractivity contribution < 1.29 is 0 Å². The molecule has 0 aromatic carbocycles. The van der Waals surface area contributed by atoms with Gasteiger partial charge in [0.1, 0.15) is 0 Å². The first-order chi connectivity index (χ1) is 22.8. The summed E-state index contributed by atoms with van der Waals surface area (Å²) in [7, 11) is 0. The second kappa shape index (κ2) is 17.9. The molecule has 3 rings (SSSR count). The van der Waals surface area contributed by atoms with Gasteiger partial charge < -0.3 is 0 Å². The van der Waals surface area contributed by atoms with Crippen LogP contribution < -0.4 is 0 Å². The van der Waals surface area contributed by atoms with E-state index in [4.69, 9.17) is 0 Å². The highest BCUT2D eigenvalue weighted by molar-refractivity contribution is 4.98. The van der Waals surface area contributed by atoms with Crippen molar-refractivity contribution in [1.29, 1.82) is 0 Å². The molecule has 0 saturated heterocycles. The first kappa shape index (κ1) is 43.4. The van der Waals surface area contributed by atoms with Crippen LogP contribution in [0.1, 0.15) is 183 Å². The lowest BCUT2D eigenvalue weighted by molar-refractivity contribution is -0.0539. The third-order valence-electron chi connectivity index (χ3n) is 19.0. The average molecular weight is 683 g/mol. The summed E-state index contributed by atoms with van der Waals surface area (Å²) in [5.41, 5.74) is 0.473. The summed E-state index contributed by atoms with van der Waals surface area (Å²) in [6.45, 7) is 49.4. The Kier molecular flexibility index (Phi) is 15.8. The van der Waals surface area contributed by atoms with Crippen LogP contribution in [0.2, 0.25) is 0 Å². The Morgan fingerprint density at radius 3 is 1.12 bits per heavy atom. The van der Waals surface area contributed by atoms with E-state index in [0.29, 0.717) is 5.41 Å². The molecular weight excluding hydrogens is 589 g/mol. The SMILES string of the molecule is CCCC(C)(CCC1C(C)C(C)C(CCC2C(C)C(C)C(C(C)C)C(C)C2C)C(C)C1C)CC(C)C1C(C)C(C)C(C)C(C)C1C(C)CC. The van der Waals surface area contributed by atoms with Crippen LogP contribution in [-0.4, -0.2) is 0 Å². The fourth-order valence-electron chi connectivity index (χ4n) is 14.9. The van der Waals surface area contributed by atoms with Gasteiger partial charge in [-0.25, -0.2) is 0 Å². The standard InChI is InChI=1S/C49H94/c1-20-25-49(19,27-30(6)48-40(16)32(8)31(7)39(15)47(48)29(5)21-2)26-24-45-35(11)33(9)43(34(10)36(45)12)22-23-44-37(13)41(17)46(28(3)4)42(18)38(44)14/h28-48H,20-27H2,1-19H3. The zero-order chi connectivity index (χ0) is 37.3. The van der Waals surface area contributed by atoms with Gasteiger partial charge in [0.2, 0.25) is 0 Å². The maximum absolute atomic E-state index is 2.72. The van der Waals surface area contributed by atoms with Crippen molar-refractivity contribution in [3.05, 3.63) is 0 Å². The minimum absolute atomic E-state index is 0.473. The molecule has 0 bridgehead atoms. The van der Waals surface area contributed by atoms with Crippen molar-refractivity contribution in [1.82, 2.24) is 0 Å². The lowest BCUT2D eigenvalue weighted by atomic mass is 9.51. The maximum Gasteiger partial charge on any atom is -0.0323 e. The summed E-state index contributed by atoms with van der Waals surface area (Å²) in [5, 5.41) is 0. The third-order valence-corrected chi connectivity index (χ3v) is 19.0. The van der Waals surface area contributed by atoms with E-state index >= 15 is 0 Å². The molecule has 0 spiro atoms. The Morgan fingerprint density at radius 1 is 0.408 bits per heavy atom. The van der Waals surface area contributed by atoms with Crippen molar-refractivity contribution in [2.45, 2.75) is 183 Å². The van der Waals surface area contributed by atoms with E-state index in [0.717, 1.165) is 124 Å². The number of rotatable bonds is 14. The number of hydrogen-bond donors (Lipinski definition) is 0. The number of hydrogen-bond acceptors (Lipinski definition) is 0. The molecule has 0 heterocycles. The van der Waals surface area contributed by atoms with Crippen molar-refractivity contribution >= 4 is 0 Å². The second-order valence-electron chi connectivity index (χ2n) is 21.5. The molecule has 0 nitrogen and oxygen atoms in total. The molecule has 17 atom stereocenters. The normalized spacial score (nSPS) is 47.5. The molecule has 0 aromatic rings. The molecule has 0 N–H and O–H groups in total. The van der Waals surface area contributed by atoms with E-state index in [2.05, 4.69) is 132 Å². The zero-order valence-corrected chi connectivity index (χ0v) is 37.3. The monoisotopic (exact) mass is 683 g/mol. The highest BCUT2D eigenvalue weighted by atomic mass is 14.5. The van der Waals surface area contributed by atoms with E-state index < -0.39 is 0 Å². The van der Waals surface area contributed by atoms with Gasteiger partial charge in [-0.05, 0) is 168 Å². The second-order valence-corrected chi connectivity index (χ2v) is 21.5. The fraction of sp³-hybridized carbons (Fsp3) is 1.00. The molecule has 3 aliphatic rings. The van der Waals surface area contributed by atoms with Crippen molar-refractivity contribution in [2.24, 2.45) is 130 Å². The summed E-state index contributed by atoms with van der Waals surface area (Å²) >= 11 is 0. The summed E-state index contributed by atoms with van der Waals surface area (Å²) in [5.74, 6) is 18.0. The van der Waals surface area contributed by atoms with Gasteiger partial charge in [0.25, 0.3) is 0 Å². The van der Waals surface area contributed by atoms with Crippen LogP contribution in [0.25, 0.3) is 0 Å². The molecule has 0 aliphatic heterocycles. The zero-order valence-electron chi connectivity index (χ0n) is 37.3. The quantitative estimate of drug-likeness (QED) is 0.171. The Morgan fingerprint density at radius 2 is 0.755 bits per heavy atom. The largest absolute Gasteiger partial charge is 0.0654 e. The molecular formula is C49H94. The van der Waals surface area contributed by atoms with E-state index in [1.807, 2.05) is 0 Å². The summed E-state index contributed by atoms with van der Waals surface area (Å²) in [6.07, 6.45) is 11.3. The van der Waals surface area contributed by atoms with Crippen LogP contribution in [0.4, 0.5) is 0 Å². The Labute approximate surface area is 311 Å². The molecule has 290 valence electrons. The van der Waals surface area contributed by atoms with Gasteiger partial charge in [0, 0.05) is 0 Å². The molecule has 0 aromatic heterocycles. The molecule has 0 heteroatoms. The van der Waals surface area contributed by atoms with Crippen molar-refractivity contribution in [2.75, 3.05) is 0 Å². The van der Waals surface area contributed by atoms with Crippen LogP contribution in [-0.2, 0) is 0 Å². The molecule has 49 heavy (non-hydrogen) atoms. The third kappa shape index (κ3) is 9.04. The Hall–Kier alpha value is 0. The van der Waals surface area contributed by atoms with E-state index in [9.17, 15) is 0 Å². The predicted molar refractivity (Wildman–Crippen MR) is 220 cm³/mol. The first-order valence-electron chi connectivity index (χ1n) is 22.8. The van der Waals surface area contributed by atoms with Crippen molar-refractivity contribution in [3.8, 4) is 0 Å². The van der Waals surface area contributed by atoms with Gasteiger partial charge in [0.05, 0.1) is 0 Å². The minimum atomic E-state index is 0.473. The van der Waals surface area contributed by atoms with Crippen LogP contribution in [0.15, 0.2) is 0 Å². The lowest BCUT2D eigenvalue weighted by Gasteiger charge is -2.54. The van der Waals surface area contributed by atoms with Crippen LogP contribution >= 0.6 is 0 Å². The van der Waals surface area contributed by atoms with Gasteiger partial charge in [-0.15, -0.1) is 0 Å². The highest BCUT2D eigenvalue weighted by Crippen LogP contribution is 2.56. The van der Waals surface area contributed by atoms with Gasteiger partial charge in [0.15, 0.2) is 0 Å². The van der Waals surface area contributed by atoms with Crippen LogP contribution in [0.3, 0.4) is 0 Å². The van der Waals surface area contributed by atoms with Gasteiger partial charge in [-0.2, -0.15) is 0 Å². The average Bonchev–Trinajstić information content (AvgIpc) is 3.04. The molecule has 3 saturated carbocycles. The van der Waals surface area contributed by atoms with Crippen LogP contribution in [0.5, 0.6) is 0 Å². The predicted octanol–water partition coefficient (Wildman–Crippen LogP) is 15.5. The minimum Gasteiger partial charge on any atom is -0.0654 e. The molecule has 0 amide bonds. The molecule has 17 unspecified atom stereocenters. The maximum atomic E-state index is 2.72. The highest BCUT2D eigenvalue weighted by Gasteiger charge is 2.49. The van der Waals surface area contributed by atoms with E-state index in [1.165, 1.54) is 51.4 Å². The fourth-order valence-corrected chi connectivity index (χ4v) is 14.9. The molecule has 3 fully saturated rings.